The molecule has 1 aromatic rings. The lowest BCUT2D eigenvalue weighted by atomic mass is 9.81. The fraction of sp³-hybridized carbons (Fsp3) is 0.684. The average Bonchev–Trinajstić information content (AvgIpc) is 2.94. The van der Waals surface area contributed by atoms with E-state index in [-0.39, 0.29) is 11.6 Å². The summed E-state index contributed by atoms with van der Waals surface area (Å²) in [5.74, 6) is 0. The molecule has 2 rings (SSSR count). The Morgan fingerprint density at radius 3 is 2.05 bits per heavy atom. The van der Waals surface area contributed by atoms with Gasteiger partial charge in [0, 0.05) is 12.0 Å². The highest BCUT2D eigenvalue weighted by Crippen LogP contribution is 2.33. The normalized spacial score (nSPS) is 18.1. The van der Waals surface area contributed by atoms with Gasteiger partial charge in [0.15, 0.2) is 0 Å². The smallest absolute Gasteiger partial charge is 0.0763 e. The van der Waals surface area contributed by atoms with E-state index in [0.717, 1.165) is 32.4 Å². The van der Waals surface area contributed by atoms with E-state index < -0.39 is 0 Å². The molecule has 0 radical (unpaired) electrons. The van der Waals surface area contributed by atoms with Gasteiger partial charge in [0.05, 0.1) is 6.10 Å². The molecular formula is C19H31NO. The molecule has 1 heterocycles. The molecule has 0 spiro atoms. The number of hydrogen-bond donors (Lipinski definition) is 1. The zero-order valence-corrected chi connectivity index (χ0v) is 14.2. The summed E-state index contributed by atoms with van der Waals surface area (Å²) in [6.07, 6.45) is 5.08. The summed E-state index contributed by atoms with van der Waals surface area (Å²) in [5.41, 5.74) is 3.80. The summed E-state index contributed by atoms with van der Waals surface area (Å²) >= 11 is 0. The van der Waals surface area contributed by atoms with Gasteiger partial charge in [-0.3, -0.25) is 4.90 Å². The molecule has 1 aliphatic rings. The Morgan fingerprint density at radius 2 is 1.57 bits per heavy atom. The molecular weight excluding hydrogens is 258 g/mol. The highest BCUT2D eigenvalue weighted by molar-refractivity contribution is 5.29. The lowest BCUT2D eigenvalue weighted by Gasteiger charge is -2.44. The predicted molar refractivity (Wildman–Crippen MR) is 89.7 cm³/mol. The second-order valence-corrected chi connectivity index (χ2v) is 6.72. The van der Waals surface area contributed by atoms with Crippen molar-refractivity contribution in [1.29, 1.82) is 0 Å². The second kappa shape index (κ2) is 6.93. The Balaban J connectivity index is 2.19. The van der Waals surface area contributed by atoms with Crippen LogP contribution in [0.4, 0.5) is 0 Å². The summed E-state index contributed by atoms with van der Waals surface area (Å²) in [5, 5.41) is 11.0. The quantitative estimate of drug-likeness (QED) is 0.859. The van der Waals surface area contributed by atoms with Crippen molar-refractivity contribution in [2.75, 3.05) is 13.1 Å². The van der Waals surface area contributed by atoms with Crippen molar-refractivity contribution in [1.82, 2.24) is 4.90 Å². The highest BCUT2D eigenvalue weighted by Gasteiger charge is 2.41. The average molecular weight is 289 g/mol. The molecule has 0 bridgehead atoms. The second-order valence-electron chi connectivity index (χ2n) is 6.72. The van der Waals surface area contributed by atoms with E-state index in [4.69, 9.17) is 0 Å². The Kier molecular flexibility index (Phi) is 5.45. The number of hydrogen-bond acceptors (Lipinski definition) is 2. The monoisotopic (exact) mass is 289 g/mol. The largest absolute Gasteiger partial charge is 0.391 e. The molecule has 0 aromatic heterocycles. The summed E-state index contributed by atoms with van der Waals surface area (Å²) in [6, 6.07) is 6.63. The van der Waals surface area contributed by atoms with Gasteiger partial charge in [-0.05, 0) is 58.2 Å². The summed E-state index contributed by atoms with van der Waals surface area (Å²) in [6.45, 7) is 11.0. The topological polar surface area (TPSA) is 23.5 Å². The minimum Gasteiger partial charge on any atom is -0.391 e. The SMILES string of the molecule is CCC(CC)(C(O)Cc1cc(C)cc(C)c1)N1CCCC1. The maximum atomic E-state index is 11.0. The van der Waals surface area contributed by atoms with Gasteiger partial charge in [-0.2, -0.15) is 0 Å². The minimum absolute atomic E-state index is 0.0475. The Bertz CT molecular complexity index is 438. The molecule has 1 fully saturated rings. The van der Waals surface area contributed by atoms with Gasteiger partial charge < -0.3 is 5.11 Å². The van der Waals surface area contributed by atoms with E-state index in [1.165, 1.54) is 29.5 Å². The number of aliphatic hydroxyl groups excluding tert-OH is 1. The summed E-state index contributed by atoms with van der Waals surface area (Å²) in [7, 11) is 0. The lowest BCUT2D eigenvalue weighted by Crippen LogP contribution is -2.55. The lowest BCUT2D eigenvalue weighted by molar-refractivity contribution is -0.0270. The zero-order valence-electron chi connectivity index (χ0n) is 14.2. The van der Waals surface area contributed by atoms with Crippen LogP contribution >= 0.6 is 0 Å². The van der Waals surface area contributed by atoms with Crippen LogP contribution in [0.3, 0.4) is 0 Å². The van der Waals surface area contributed by atoms with Crippen molar-refractivity contribution in [3.05, 3.63) is 34.9 Å². The Labute approximate surface area is 130 Å². The summed E-state index contributed by atoms with van der Waals surface area (Å²) in [4.78, 5) is 2.54. The van der Waals surface area contributed by atoms with Crippen LogP contribution in [0, 0.1) is 13.8 Å². The van der Waals surface area contributed by atoms with Crippen LogP contribution in [-0.4, -0.2) is 34.7 Å². The molecule has 21 heavy (non-hydrogen) atoms. The third kappa shape index (κ3) is 3.49. The van der Waals surface area contributed by atoms with Crippen LogP contribution in [0.25, 0.3) is 0 Å². The van der Waals surface area contributed by atoms with E-state index in [0.29, 0.717) is 0 Å². The van der Waals surface area contributed by atoms with Gasteiger partial charge in [-0.15, -0.1) is 0 Å². The van der Waals surface area contributed by atoms with Crippen LogP contribution in [0.2, 0.25) is 0 Å². The van der Waals surface area contributed by atoms with Crippen molar-refractivity contribution in [2.45, 2.75) is 71.4 Å². The van der Waals surface area contributed by atoms with Crippen LogP contribution in [0.15, 0.2) is 18.2 Å². The van der Waals surface area contributed by atoms with Crippen molar-refractivity contribution in [2.24, 2.45) is 0 Å². The van der Waals surface area contributed by atoms with Crippen molar-refractivity contribution < 1.29 is 5.11 Å². The molecule has 1 unspecified atom stereocenters. The molecule has 1 saturated heterocycles. The van der Waals surface area contributed by atoms with Crippen LogP contribution < -0.4 is 0 Å². The first kappa shape index (κ1) is 16.5. The molecule has 118 valence electrons. The third-order valence-corrected chi connectivity index (χ3v) is 5.29. The number of aryl methyl sites for hydroxylation is 2. The van der Waals surface area contributed by atoms with Crippen LogP contribution in [0.1, 0.15) is 56.2 Å². The van der Waals surface area contributed by atoms with Crippen molar-refractivity contribution in [3.8, 4) is 0 Å². The van der Waals surface area contributed by atoms with Gasteiger partial charge in [0.2, 0.25) is 0 Å². The molecule has 1 N–H and O–H groups in total. The Morgan fingerprint density at radius 1 is 1.05 bits per heavy atom. The predicted octanol–water partition coefficient (Wildman–Crippen LogP) is 3.86. The molecule has 1 aliphatic heterocycles. The molecule has 1 aromatic carbocycles. The number of benzene rings is 1. The number of nitrogens with zero attached hydrogens (tertiary/aromatic N) is 1. The van der Waals surface area contributed by atoms with Gasteiger partial charge in [-0.25, -0.2) is 0 Å². The molecule has 0 saturated carbocycles. The molecule has 1 atom stereocenters. The maximum Gasteiger partial charge on any atom is 0.0763 e. The van der Waals surface area contributed by atoms with E-state index in [2.05, 4.69) is 50.8 Å². The van der Waals surface area contributed by atoms with Crippen LogP contribution in [-0.2, 0) is 6.42 Å². The molecule has 2 nitrogen and oxygen atoms in total. The minimum atomic E-state index is -0.285. The van der Waals surface area contributed by atoms with Gasteiger partial charge in [-0.1, -0.05) is 43.2 Å². The molecule has 2 heteroatoms. The van der Waals surface area contributed by atoms with Crippen molar-refractivity contribution >= 4 is 0 Å². The fourth-order valence-electron chi connectivity index (χ4n) is 4.14. The Hall–Kier alpha value is -0.860. The molecule has 0 aliphatic carbocycles. The molecule has 0 amide bonds. The fourth-order valence-corrected chi connectivity index (χ4v) is 4.14. The number of likely N-dealkylation sites (tertiary alicyclic amines) is 1. The highest BCUT2D eigenvalue weighted by atomic mass is 16.3. The van der Waals surface area contributed by atoms with E-state index in [1.807, 2.05) is 0 Å². The van der Waals surface area contributed by atoms with Crippen molar-refractivity contribution in [3.63, 3.8) is 0 Å². The summed E-state index contributed by atoms with van der Waals surface area (Å²) < 4.78 is 0. The first-order valence-electron chi connectivity index (χ1n) is 8.52. The van der Waals surface area contributed by atoms with Gasteiger partial charge in [0.25, 0.3) is 0 Å². The van der Waals surface area contributed by atoms with E-state index >= 15 is 0 Å². The number of aliphatic hydroxyl groups is 1. The maximum absolute atomic E-state index is 11.0. The zero-order chi connectivity index (χ0) is 15.5. The van der Waals surface area contributed by atoms with Gasteiger partial charge in [0.1, 0.15) is 0 Å². The number of rotatable bonds is 6. The first-order valence-corrected chi connectivity index (χ1v) is 8.52. The first-order chi connectivity index (χ1) is 10.0. The van der Waals surface area contributed by atoms with Gasteiger partial charge >= 0.3 is 0 Å². The van der Waals surface area contributed by atoms with E-state index in [9.17, 15) is 5.11 Å². The van der Waals surface area contributed by atoms with E-state index in [1.54, 1.807) is 0 Å². The third-order valence-electron chi connectivity index (χ3n) is 5.29. The standard InChI is InChI=1S/C19H31NO/c1-5-19(6-2,20-9-7-8-10-20)18(21)14-17-12-15(3)11-16(4)13-17/h11-13,18,21H,5-10,14H2,1-4H3. The van der Waals surface area contributed by atoms with Crippen LogP contribution in [0.5, 0.6) is 0 Å².